The lowest BCUT2D eigenvalue weighted by Gasteiger charge is -2.20. The lowest BCUT2D eigenvalue weighted by Crippen LogP contribution is -2.32. The van der Waals surface area contributed by atoms with E-state index in [4.69, 9.17) is 0 Å². The maximum absolute atomic E-state index is 13.2. The molecule has 0 aliphatic carbocycles. The van der Waals surface area contributed by atoms with E-state index in [-0.39, 0.29) is 10.8 Å². The Labute approximate surface area is 200 Å². The van der Waals surface area contributed by atoms with Crippen LogP contribution in [0.5, 0.6) is 0 Å². The Hall–Kier alpha value is -3.16. The zero-order valence-corrected chi connectivity index (χ0v) is 20.1. The summed E-state index contributed by atoms with van der Waals surface area (Å²) in [4.78, 5) is 13.2. The monoisotopic (exact) mass is 475 g/mol. The first kappa shape index (κ1) is 22.6. The third-order valence-electron chi connectivity index (χ3n) is 6.65. The van der Waals surface area contributed by atoms with Crippen LogP contribution in [-0.4, -0.2) is 36.3 Å². The Kier molecular flexibility index (Phi) is 6.15. The van der Waals surface area contributed by atoms with Gasteiger partial charge in [0, 0.05) is 52.7 Å². The molecule has 3 aromatic carbocycles. The van der Waals surface area contributed by atoms with Crippen molar-refractivity contribution in [3.63, 3.8) is 0 Å². The van der Waals surface area contributed by atoms with E-state index in [2.05, 4.69) is 28.9 Å². The minimum absolute atomic E-state index is 0.170. The first-order valence-corrected chi connectivity index (χ1v) is 13.4. The number of nitrogens with one attached hydrogen (secondary N) is 1. The summed E-state index contributed by atoms with van der Waals surface area (Å²) in [7, 11) is -3.62. The van der Waals surface area contributed by atoms with E-state index in [1.807, 2.05) is 30.3 Å². The second-order valence-electron chi connectivity index (χ2n) is 8.79. The van der Waals surface area contributed by atoms with E-state index < -0.39 is 10.0 Å². The van der Waals surface area contributed by atoms with Crippen molar-refractivity contribution in [2.24, 2.45) is 0 Å². The van der Waals surface area contributed by atoms with E-state index in [1.54, 1.807) is 22.5 Å². The Morgan fingerprint density at radius 2 is 1.59 bits per heavy atom. The molecule has 0 radical (unpaired) electrons. The molecule has 0 spiro atoms. The molecule has 7 heteroatoms. The normalized spacial score (nSPS) is 15.4. The second-order valence-corrected chi connectivity index (χ2v) is 10.7. The minimum atomic E-state index is -3.62. The molecule has 1 aliphatic heterocycles. The van der Waals surface area contributed by atoms with E-state index in [1.165, 1.54) is 6.07 Å². The summed E-state index contributed by atoms with van der Waals surface area (Å²) in [6, 6.07) is 20.5. The molecule has 6 nitrogen and oxygen atoms in total. The number of sulfonamides is 1. The molecule has 1 amide bonds. The van der Waals surface area contributed by atoms with Gasteiger partial charge in [0.15, 0.2) is 0 Å². The molecule has 4 aromatic rings. The van der Waals surface area contributed by atoms with E-state index in [0.29, 0.717) is 24.3 Å². The molecule has 2 heterocycles. The molecule has 1 aromatic heterocycles. The molecule has 0 unspecified atom stereocenters. The third kappa shape index (κ3) is 4.10. The Morgan fingerprint density at radius 3 is 2.35 bits per heavy atom. The van der Waals surface area contributed by atoms with Gasteiger partial charge in [-0.25, -0.2) is 8.42 Å². The van der Waals surface area contributed by atoms with Crippen LogP contribution in [-0.2, 0) is 16.6 Å². The van der Waals surface area contributed by atoms with Gasteiger partial charge >= 0.3 is 0 Å². The van der Waals surface area contributed by atoms with Crippen molar-refractivity contribution < 1.29 is 13.2 Å². The van der Waals surface area contributed by atoms with Crippen LogP contribution in [0.15, 0.2) is 71.6 Å². The van der Waals surface area contributed by atoms with Crippen LogP contribution in [0.25, 0.3) is 21.8 Å². The van der Waals surface area contributed by atoms with Crippen molar-refractivity contribution in [3.8, 4) is 0 Å². The zero-order valence-electron chi connectivity index (χ0n) is 19.3. The van der Waals surface area contributed by atoms with Crippen LogP contribution >= 0.6 is 0 Å². The molecular formula is C27H29N3O3S. The van der Waals surface area contributed by atoms with Crippen LogP contribution < -0.4 is 5.32 Å². The van der Waals surface area contributed by atoms with Gasteiger partial charge in [-0.2, -0.15) is 4.31 Å². The third-order valence-corrected chi connectivity index (χ3v) is 8.54. The Balaban J connectivity index is 1.43. The number of para-hydroxylation sites is 1. The van der Waals surface area contributed by atoms with Gasteiger partial charge < -0.3 is 9.88 Å². The fraction of sp³-hybridized carbons (Fsp3) is 0.296. The van der Waals surface area contributed by atoms with Crippen molar-refractivity contribution in [2.45, 2.75) is 44.0 Å². The molecule has 1 fully saturated rings. The highest BCUT2D eigenvalue weighted by Gasteiger charge is 2.26. The van der Waals surface area contributed by atoms with Crippen LogP contribution in [0.4, 0.5) is 5.69 Å². The number of aryl methyl sites for hydroxylation is 1. The number of hydrogen-bond acceptors (Lipinski definition) is 3. The molecule has 1 aliphatic rings. The van der Waals surface area contributed by atoms with Crippen LogP contribution in [0, 0.1) is 0 Å². The van der Waals surface area contributed by atoms with Gasteiger partial charge in [0.1, 0.15) is 0 Å². The first-order valence-electron chi connectivity index (χ1n) is 11.9. The topological polar surface area (TPSA) is 71.4 Å². The van der Waals surface area contributed by atoms with Gasteiger partial charge in [0.25, 0.3) is 5.91 Å². The number of nitrogens with zero attached hydrogens (tertiary/aromatic N) is 2. The van der Waals surface area contributed by atoms with Gasteiger partial charge in [-0.15, -0.1) is 0 Å². The highest BCUT2D eigenvalue weighted by atomic mass is 32.2. The molecule has 34 heavy (non-hydrogen) atoms. The molecule has 1 N–H and O–H groups in total. The van der Waals surface area contributed by atoms with Crippen molar-refractivity contribution in [1.82, 2.24) is 8.87 Å². The number of hydrogen-bond donors (Lipinski definition) is 1. The molecule has 0 atom stereocenters. The van der Waals surface area contributed by atoms with Gasteiger partial charge in [-0.3, -0.25) is 4.79 Å². The smallest absolute Gasteiger partial charge is 0.255 e. The number of rotatable bonds is 5. The average Bonchev–Trinajstić information content (AvgIpc) is 2.99. The van der Waals surface area contributed by atoms with Gasteiger partial charge in [-0.05, 0) is 62.2 Å². The lowest BCUT2D eigenvalue weighted by atomic mass is 10.1. The maximum atomic E-state index is 13.2. The lowest BCUT2D eigenvalue weighted by molar-refractivity contribution is 0.102. The van der Waals surface area contributed by atoms with Crippen LogP contribution in [0.2, 0.25) is 0 Å². The van der Waals surface area contributed by atoms with Gasteiger partial charge in [0.2, 0.25) is 10.0 Å². The first-order chi connectivity index (χ1) is 16.5. The number of carbonyl (C=O) groups is 1. The fourth-order valence-electron chi connectivity index (χ4n) is 4.90. The van der Waals surface area contributed by atoms with E-state index >= 15 is 0 Å². The summed E-state index contributed by atoms with van der Waals surface area (Å²) in [6.07, 6.45) is 3.85. The van der Waals surface area contributed by atoms with Gasteiger partial charge in [0.05, 0.1) is 4.90 Å². The van der Waals surface area contributed by atoms with Crippen LogP contribution in [0.3, 0.4) is 0 Å². The molecule has 1 saturated heterocycles. The predicted octanol–water partition coefficient (Wildman–Crippen LogP) is 5.63. The summed E-state index contributed by atoms with van der Waals surface area (Å²) in [6.45, 7) is 4.04. The molecule has 0 saturated carbocycles. The molecular weight excluding hydrogens is 446 g/mol. The quantitative estimate of drug-likeness (QED) is 0.407. The summed E-state index contributed by atoms with van der Waals surface area (Å²) in [5.74, 6) is -0.327. The summed E-state index contributed by atoms with van der Waals surface area (Å²) >= 11 is 0. The van der Waals surface area contributed by atoms with Gasteiger partial charge in [-0.1, -0.05) is 37.1 Å². The average molecular weight is 476 g/mol. The summed E-state index contributed by atoms with van der Waals surface area (Å²) in [5, 5.41) is 5.17. The number of carbonyl (C=O) groups excluding carboxylic acids is 1. The Bertz CT molecular complexity index is 1470. The highest BCUT2D eigenvalue weighted by Crippen LogP contribution is 2.31. The second kappa shape index (κ2) is 9.24. The molecule has 176 valence electrons. The fourth-order valence-corrected chi connectivity index (χ4v) is 6.47. The predicted molar refractivity (Wildman–Crippen MR) is 137 cm³/mol. The SMILES string of the molecule is CCn1c2ccccc2c2cc(NC(=O)c3cccc(S(=O)(=O)N4CCCCCC4)c3)ccc21. The number of fused-ring (bicyclic) bond motifs is 3. The minimum Gasteiger partial charge on any atom is -0.341 e. The van der Waals surface area contributed by atoms with Crippen LogP contribution in [0.1, 0.15) is 43.0 Å². The highest BCUT2D eigenvalue weighted by molar-refractivity contribution is 7.89. The summed E-state index contributed by atoms with van der Waals surface area (Å²) < 4.78 is 30.1. The standard InChI is InChI=1S/C27H29N3O3S/c1-2-30-25-13-6-5-12-23(25)24-19-21(14-15-26(24)30)28-27(31)20-10-9-11-22(18-20)34(32,33)29-16-7-3-4-8-17-29/h5-6,9-15,18-19H,2-4,7-8,16-17H2,1H3,(H,28,31). The summed E-state index contributed by atoms with van der Waals surface area (Å²) in [5.41, 5.74) is 3.28. The number of anilines is 1. The van der Waals surface area contributed by atoms with Crippen molar-refractivity contribution in [2.75, 3.05) is 18.4 Å². The largest absolute Gasteiger partial charge is 0.341 e. The Morgan fingerprint density at radius 1 is 0.853 bits per heavy atom. The molecule has 5 rings (SSSR count). The molecule has 0 bridgehead atoms. The van der Waals surface area contributed by atoms with E-state index in [0.717, 1.165) is 54.0 Å². The number of benzene rings is 3. The zero-order chi connectivity index (χ0) is 23.7. The number of amides is 1. The maximum Gasteiger partial charge on any atom is 0.255 e. The van der Waals surface area contributed by atoms with Crippen molar-refractivity contribution in [1.29, 1.82) is 0 Å². The van der Waals surface area contributed by atoms with E-state index in [9.17, 15) is 13.2 Å². The van der Waals surface area contributed by atoms with Crippen molar-refractivity contribution in [3.05, 3.63) is 72.3 Å². The van der Waals surface area contributed by atoms with Crippen molar-refractivity contribution >= 4 is 43.4 Å². The number of aromatic nitrogens is 1.